The summed E-state index contributed by atoms with van der Waals surface area (Å²) in [6.45, 7) is 6.86. The van der Waals surface area contributed by atoms with E-state index in [-0.39, 0.29) is 0 Å². The first-order valence-corrected chi connectivity index (χ1v) is 12.5. The lowest BCUT2D eigenvalue weighted by molar-refractivity contribution is 0.0733. The molecule has 186 valence electrons. The highest BCUT2D eigenvalue weighted by Gasteiger charge is 2.20. The van der Waals surface area contributed by atoms with Gasteiger partial charge in [-0.25, -0.2) is 9.78 Å². The van der Waals surface area contributed by atoms with Crippen LogP contribution in [0.2, 0.25) is 0 Å². The Morgan fingerprint density at radius 1 is 0.889 bits per heavy atom. The molecule has 0 aliphatic heterocycles. The zero-order valence-corrected chi connectivity index (χ0v) is 21.1. The number of ether oxygens (including phenoxy) is 4. The zero-order valence-electron chi connectivity index (χ0n) is 20.3. The minimum Gasteiger partial charge on any atom is -0.490 e. The number of pyridine rings is 1. The summed E-state index contributed by atoms with van der Waals surface area (Å²) < 4.78 is 22.8. The first kappa shape index (κ1) is 25.0. The smallest absolute Gasteiger partial charge is 0.343 e. The van der Waals surface area contributed by atoms with Crippen molar-refractivity contribution in [2.45, 2.75) is 20.8 Å². The molecule has 2 heterocycles. The Morgan fingerprint density at radius 3 is 2.31 bits per heavy atom. The number of hydrogen-bond acceptors (Lipinski definition) is 9. The van der Waals surface area contributed by atoms with Crippen LogP contribution >= 0.6 is 11.3 Å². The molecule has 1 N–H and O–H groups in total. The van der Waals surface area contributed by atoms with E-state index in [1.807, 2.05) is 50.4 Å². The lowest BCUT2D eigenvalue weighted by Crippen LogP contribution is -2.11. The Balaban J connectivity index is 1.51. The van der Waals surface area contributed by atoms with E-state index in [0.29, 0.717) is 53.5 Å². The van der Waals surface area contributed by atoms with E-state index in [2.05, 4.69) is 15.3 Å². The number of esters is 1. The SMILES string of the molecule is CCOc1cc(C(=O)Oc2cccc(Nc3nc(-c4ccccn4)cs3)c2)cc(OCC)c1OCC. The quantitative estimate of drug-likeness (QED) is 0.186. The van der Waals surface area contributed by atoms with Gasteiger partial charge in [-0.1, -0.05) is 12.1 Å². The molecule has 2 aromatic carbocycles. The number of carbonyl (C=O) groups is 1. The van der Waals surface area contributed by atoms with Crippen LogP contribution in [0.3, 0.4) is 0 Å². The van der Waals surface area contributed by atoms with E-state index in [0.717, 1.165) is 17.1 Å². The number of carbonyl (C=O) groups excluding carboxylic acids is 1. The molecule has 8 nitrogen and oxygen atoms in total. The standard InChI is InChI=1S/C27H27N3O5S/c1-4-32-23-14-18(15-24(33-5-2)25(23)34-6-3)26(31)35-20-11-9-10-19(16-20)29-27-30-22(17-36-27)21-12-7-8-13-28-21/h7-17H,4-6H2,1-3H3,(H,29,30). The van der Waals surface area contributed by atoms with E-state index in [9.17, 15) is 4.79 Å². The Morgan fingerprint density at radius 2 is 1.64 bits per heavy atom. The van der Waals surface area contributed by atoms with Gasteiger partial charge in [-0.05, 0) is 57.2 Å². The summed E-state index contributed by atoms with van der Waals surface area (Å²) >= 11 is 1.46. The van der Waals surface area contributed by atoms with Crippen molar-refractivity contribution in [3.05, 3.63) is 71.7 Å². The first-order valence-electron chi connectivity index (χ1n) is 11.6. The molecule has 0 saturated carbocycles. The number of thiazole rings is 1. The van der Waals surface area contributed by atoms with Gasteiger partial charge in [0.05, 0.1) is 31.1 Å². The number of aromatic nitrogens is 2. The third kappa shape index (κ3) is 6.11. The summed E-state index contributed by atoms with van der Waals surface area (Å²) in [5, 5.41) is 5.89. The molecule has 2 aromatic heterocycles. The average Bonchev–Trinajstić information content (AvgIpc) is 3.35. The Hall–Kier alpha value is -4.11. The maximum atomic E-state index is 13.0. The van der Waals surface area contributed by atoms with E-state index < -0.39 is 5.97 Å². The van der Waals surface area contributed by atoms with Crippen molar-refractivity contribution in [1.29, 1.82) is 0 Å². The molecule has 0 radical (unpaired) electrons. The molecule has 0 unspecified atom stereocenters. The molecule has 36 heavy (non-hydrogen) atoms. The van der Waals surface area contributed by atoms with Crippen molar-refractivity contribution in [3.8, 4) is 34.4 Å². The van der Waals surface area contributed by atoms with Crippen molar-refractivity contribution in [2.75, 3.05) is 25.1 Å². The van der Waals surface area contributed by atoms with Crippen LogP contribution < -0.4 is 24.3 Å². The fraction of sp³-hybridized carbons (Fsp3) is 0.222. The van der Waals surface area contributed by atoms with Crippen LogP contribution in [-0.4, -0.2) is 35.8 Å². The van der Waals surface area contributed by atoms with Crippen molar-refractivity contribution in [1.82, 2.24) is 9.97 Å². The molecule has 0 atom stereocenters. The van der Waals surface area contributed by atoms with E-state index in [1.165, 1.54) is 11.3 Å². The highest BCUT2D eigenvalue weighted by atomic mass is 32.1. The van der Waals surface area contributed by atoms with Gasteiger partial charge in [-0.15, -0.1) is 11.3 Å². The van der Waals surface area contributed by atoms with Gasteiger partial charge in [0.15, 0.2) is 16.6 Å². The normalized spacial score (nSPS) is 10.5. The van der Waals surface area contributed by atoms with Crippen LogP contribution in [0.1, 0.15) is 31.1 Å². The van der Waals surface area contributed by atoms with Gasteiger partial charge in [0, 0.05) is 23.3 Å². The molecule has 0 amide bonds. The number of hydrogen-bond donors (Lipinski definition) is 1. The van der Waals surface area contributed by atoms with Crippen LogP contribution in [-0.2, 0) is 0 Å². The van der Waals surface area contributed by atoms with Crippen molar-refractivity contribution in [3.63, 3.8) is 0 Å². The van der Waals surface area contributed by atoms with Crippen LogP contribution in [0, 0.1) is 0 Å². The Bertz CT molecular complexity index is 1280. The summed E-state index contributed by atoms with van der Waals surface area (Å²) in [5.74, 6) is 1.18. The van der Waals surface area contributed by atoms with E-state index in [4.69, 9.17) is 18.9 Å². The predicted octanol–water partition coefficient (Wildman–Crippen LogP) is 6.36. The van der Waals surface area contributed by atoms with Gasteiger partial charge in [0.2, 0.25) is 5.75 Å². The second-order valence-electron chi connectivity index (χ2n) is 7.40. The molecule has 0 aliphatic rings. The zero-order chi connectivity index (χ0) is 25.3. The molecule has 0 saturated heterocycles. The third-order valence-electron chi connectivity index (χ3n) is 4.87. The summed E-state index contributed by atoms with van der Waals surface area (Å²) in [5.41, 5.74) is 2.62. The molecule has 0 aliphatic carbocycles. The maximum Gasteiger partial charge on any atom is 0.343 e. The summed E-state index contributed by atoms with van der Waals surface area (Å²) in [4.78, 5) is 21.9. The Labute approximate surface area is 213 Å². The van der Waals surface area contributed by atoms with E-state index in [1.54, 1.807) is 36.5 Å². The highest BCUT2D eigenvalue weighted by Crippen LogP contribution is 2.39. The monoisotopic (exact) mass is 505 g/mol. The minimum absolute atomic E-state index is 0.295. The number of nitrogens with zero attached hydrogens (tertiary/aromatic N) is 2. The van der Waals surface area contributed by atoms with Gasteiger partial charge in [0.1, 0.15) is 11.4 Å². The van der Waals surface area contributed by atoms with Gasteiger partial charge in [-0.3, -0.25) is 4.98 Å². The second kappa shape index (κ2) is 12.0. The average molecular weight is 506 g/mol. The number of nitrogens with one attached hydrogen (secondary N) is 1. The molecule has 0 fully saturated rings. The minimum atomic E-state index is -0.538. The van der Waals surface area contributed by atoms with Crippen LogP contribution in [0.25, 0.3) is 11.4 Å². The molecule has 9 heteroatoms. The van der Waals surface area contributed by atoms with Gasteiger partial charge < -0.3 is 24.3 Å². The molecular weight excluding hydrogens is 478 g/mol. The Kier molecular flexibility index (Phi) is 8.36. The van der Waals surface area contributed by atoms with Crippen molar-refractivity contribution in [2.24, 2.45) is 0 Å². The van der Waals surface area contributed by atoms with Crippen LogP contribution in [0.4, 0.5) is 10.8 Å². The molecule has 4 aromatic rings. The lowest BCUT2D eigenvalue weighted by atomic mass is 10.1. The summed E-state index contributed by atoms with van der Waals surface area (Å²) in [6, 6.07) is 16.0. The largest absolute Gasteiger partial charge is 0.490 e. The highest BCUT2D eigenvalue weighted by molar-refractivity contribution is 7.14. The number of benzene rings is 2. The third-order valence-corrected chi connectivity index (χ3v) is 5.63. The number of rotatable bonds is 11. The fourth-order valence-electron chi connectivity index (χ4n) is 3.40. The molecular formula is C27H27N3O5S. The molecule has 0 spiro atoms. The summed E-state index contributed by atoms with van der Waals surface area (Å²) in [7, 11) is 0. The molecule has 0 bridgehead atoms. The van der Waals surface area contributed by atoms with Crippen LogP contribution in [0.15, 0.2) is 66.2 Å². The maximum absolute atomic E-state index is 13.0. The predicted molar refractivity (Wildman–Crippen MR) is 140 cm³/mol. The van der Waals surface area contributed by atoms with Crippen molar-refractivity contribution < 1.29 is 23.7 Å². The number of anilines is 2. The van der Waals surface area contributed by atoms with Gasteiger partial charge in [-0.2, -0.15) is 0 Å². The van der Waals surface area contributed by atoms with Gasteiger partial charge in [0.25, 0.3) is 0 Å². The van der Waals surface area contributed by atoms with Crippen LogP contribution in [0.5, 0.6) is 23.0 Å². The second-order valence-corrected chi connectivity index (χ2v) is 8.25. The fourth-order valence-corrected chi connectivity index (χ4v) is 4.12. The summed E-state index contributed by atoms with van der Waals surface area (Å²) in [6.07, 6.45) is 1.73. The molecule has 4 rings (SSSR count). The van der Waals surface area contributed by atoms with E-state index >= 15 is 0 Å². The first-order chi connectivity index (χ1) is 17.6. The van der Waals surface area contributed by atoms with Gasteiger partial charge >= 0.3 is 5.97 Å². The topological polar surface area (TPSA) is 91.8 Å². The van der Waals surface area contributed by atoms with Crippen molar-refractivity contribution >= 4 is 28.1 Å². The lowest BCUT2D eigenvalue weighted by Gasteiger charge is -2.17.